The number of nitrogens with two attached hydrogens (primary N) is 1. The van der Waals surface area contributed by atoms with Crippen molar-refractivity contribution < 1.29 is 21.9 Å². The van der Waals surface area contributed by atoms with Gasteiger partial charge in [-0.25, -0.2) is 27.2 Å². The number of benzene rings is 1. The van der Waals surface area contributed by atoms with Crippen molar-refractivity contribution in [2.75, 3.05) is 17.7 Å². The summed E-state index contributed by atoms with van der Waals surface area (Å²) in [6.07, 6.45) is 3.12. The van der Waals surface area contributed by atoms with Crippen LogP contribution in [-0.2, 0) is 15.4 Å². The molecule has 182 valence electrons. The molecule has 0 saturated carbocycles. The molecule has 1 aliphatic heterocycles. The van der Waals surface area contributed by atoms with Crippen LogP contribution in [0.25, 0.3) is 10.9 Å². The van der Waals surface area contributed by atoms with E-state index in [4.69, 9.17) is 10.5 Å². The molecule has 0 fully saturated rings. The number of rotatable bonds is 5. The fourth-order valence-corrected chi connectivity index (χ4v) is 5.35. The Morgan fingerprint density at radius 1 is 1.23 bits per heavy atom. The molecule has 2 atom stereocenters. The number of nitrogens with one attached hydrogen (secondary N) is 1. The normalized spacial score (nSPS) is 23.2. The number of hydrogen-bond acceptors (Lipinski definition) is 8. The second-order valence-corrected chi connectivity index (χ2v) is 10.7. The van der Waals surface area contributed by atoms with Crippen molar-refractivity contribution in [2.45, 2.75) is 31.3 Å². The smallest absolute Gasteiger partial charge is 0.263 e. The molecule has 0 unspecified atom stereocenters. The van der Waals surface area contributed by atoms with Crippen LogP contribution in [0, 0.1) is 17.7 Å². The molecular formula is C24H23F2N5O3S. The van der Waals surface area contributed by atoms with Gasteiger partial charge < -0.3 is 15.8 Å². The zero-order valence-electron chi connectivity index (χ0n) is 19.3. The molecule has 0 amide bonds. The average Bonchev–Trinajstić information content (AvgIpc) is 2.79. The van der Waals surface area contributed by atoms with E-state index in [1.54, 1.807) is 31.5 Å². The van der Waals surface area contributed by atoms with Crippen LogP contribution >= 0.6 is 0 Å². The van der Waals surface area contributed by atoms with Gasteiger partial charge in [0.05, 0.1) is 11.9 Å². The summed E-state index contributed by atoms with van der Waals surface area (Å²) in [4.78, 5) is 12.8. The molecule has 0 saturated heterocycles. The van der Waals surface area contributed by atoms with E-state index in [2.05, 4.69) is 32.1 Å². The molecular weight excluding hydrogens is 476 g/mol. The number of aliphatic imine (C=N–C) groups is 1. The summed E-state index contributed by atoms with van der Waals surface area (Å²) in [5, 5.41) is 1.01. The first-order valence-corrected chi connectivity index (χ1v) is 12.2. The molecule has 1 aliphatic rings. The topological polar surface area (TPSA) is 120 Å². The summed E-state index contributed by atoms with van der Waals surface area (Å²) >= 11 is 0. The lowest BCUT2D eigenvalue weighted by atomic mass is 9.93. The first-order valence-electron chi connectivity index (χ1n) is 10.6. The summed E-state index contributed by atoms with van der Waals surface area (Å²) in [5.74, 6) is 4.33. The van der Waals surface area contributed by atoms with Gasteiger partial charge in [-0.05, 0) is 51.1 Å². The van der Waals surface area contributed by atoms with Crippen molar-refractivity contribution in [2.24, 2.45) is 10.7 Å². The first kappa shape index (κ1) is 24.3. The van der Waals surface area contributed by atoms with Gasteiger partial charge in [-0.2, -0.15) is 0 Å². The second kappa shape index (κ2) is 8.78. The van der Waals surface area contributed by atoms with Crippen LogP contribution < -0.4 is 15.8 Å². The van der Waals surface area contributed by atoms with Gasteiger partial charge in [-0.3, -0.25) is 4.99 Å². The van der Waals surface area contributed by atoms with Gasteiger partial charge in [0.1, 0.15) is 35.1 Å². The van der Waals surface area contributed by atoms with Gasteiger partial charge in [-0.15, -0.1) is 5.92 Å². The Balaban J connectivity index is 1.70. The van der Waals surface area contributed by atoms with Crippen molar-refractivity contribution >= 4 is 38.1 Å². The minimum Gasteiger partial charge on any atom is -0.479 e. The van der Waals surface area contributed by atoms with E-state index < -0.39 is 37.8 Å². The van der Waals surface area contributed by atoms with E-state index in [0.29, 0.717) is 22.8 Å². The van der Waals surface area contributed by atoms with Gasteiger partial charge in [-0.1, -0.05) is 5.92 Å². The van der Waals surface area contributed by atoms with Crippen molar-refractivity contribution in [1.82, 2.24) is 9.97 Å². The number of halogens is 2. The Morgan fingerprint density at radius 2 is 2.00 bits per heavy atom. The summed E-state index contributed by atoms with van der Waals surface area (Å²) in [7, 11) is -4.35. The van der Waals surface area contributed by atoms with Crippen molar-refractivity contribution in [3.8, 4) is 17.6 Å². The maximum atomic E-state index is 14.9. The third-order valence-electron chi connectivity index (χ3n) is 5.75. The van der Waals surface area contributed by atoms with Crippen LogP contribution in [0.15, 0.2) is 47.7 Å². The number of amidine groups is 1. The number of aromatic nitrogens is 2. The lowest BCUT2D eigenvalue weighted by Crippen LogP contribution is -2.54. The average molecular weight is 500 g/mol. The Hall–Kier alpha value is -3.78. The fourth-order valence-electron chi connectivity index (χ4n) is 3.76. The highest BCUT2D eigenvalue weighted by Crippen LogP contribution is 2.39. The number of alkyl halides is 1. The summed E-state index contributed by atoms with van der Waals surface area (Å²) in [6, 6.07) is 7.60. The Labute approximate surface area is 201 Å². The maximum Gasteiger partial charge on any atom is 0.263 e. The van der Waals surface area contributed by atoms with Crippen molar-refractivity contribution in [1.29, 1.82) is 0 Å². The van der Waals surface area contributed by atoms with E-state index in [1.807, 2.05) is 0 Å². The predicted molar refractivity (Wildman–Crippen MR) is 130 cm³/mol. The van der Waals surface area contributed by atoms with Crippen molar-refractivity contribution in [3.63, 3.8) is 0 Å². The third-order valence-corrected chi connectivity index (χ3v) is 8.07. The van der Waals surface area contributed by atoms with Crippen LogP contribution in [0.3, 0.4) is 0 Å². The molecule has 0 aliphatic carbocycles. The monoisotopic (exact) mass is 499 g/mol. The fraction of sp³-hybridized carbons (Fsp3) is 0.292. The summed E-state index contributed by atoms with van der Waals surface area (Å²) < 4.78 is 60.1. The van der Waals surface area contributed by atoms with E-state index in [9.17, 15) is 17.2 Å². The Bertz CT molecular complexity index is 1510. The number of ether oxygens (including phenoxy) is 1. The van der Waals surface area contributed by atoms with Crippen LogP contribution in [-0.4, -0.2) is 41.6 Å². The molecule has 35 heavy (non-hydrogen) atoms. The predicted octanol–water partition coefficient (Wildman–Crippen LogP) is 3.60. The molecule has 8 nitrogen and oxygen atoms in total. The van der Waals surface area contributed by atoms with E-state index in [1.165, 1.54) is 25.1 Å². The molecule has 2 aromatic heterocycles. The largest absolute Gasteiger partial charge is 0.479 e. The number of anilines is 2. The van der Waals surface area contributed by atoms with E-state index in [0.717, 1.165) is 12.3 Å². The number of nitrogens with zero attached hydrogens (tertiary/aromatic N) is 3. The van der Waals surface area contributed by atoms with Gasteiger partial charge >= 0.3 is 0 Å². The van der Waals surface area contributed by atoms with Gasteiger partial charge in [0.15, 0.2) is 15.7 Å². The number of pyridine rings is 2. The molecule has 4 rings (SSSR count). The lowest BCUT2D eigenvalue weighted by Gasteiger charge is -2.35. The molecule has 0 bridgehead atoms. The Morgan fingerprint density at radius 3 is 2.71 bits per heavy atom. The molecule has 3 aromatic rings. The zero-order chi connectivity index (χ0) is 25.4. The highest BCUT2D eigenvalue weighted by molar-refractivity contribution is 7.93. The molecule has 0 spiro atoms. The van der Waals surface area contributed by atoms with Crippen molar-refractivity contribution in [3.05, 3.63) is 54.1 Å². The molecule has 1 aromatic carbocycles. The first-order chi connectivity index (χ1) is 16.5. The van der Waals surface area contributed by atoms with E-state index in [-0.39, 0.29) is 12.2 Å². The molecule has 11 heteroatoms. The van der Waals surface area contributed by atoms with Gasteiger partial charge in [0, 0.05) is 22.8 Å². The molecule has 3 heterocycles. The lowest BCUT2D eigenvalue weighted by molar-refractivity contribution is 0.354. The summed E-state index contributed by atoms with van der Waals surface area (Å²) in [6.45, 7) is 4.19. The zero-order valence-corrected chi connectivity index (χ0v) is 20.1. The van der Waals surface area contributed by atoms with Crippen LogP contribution in [0.2, 0.25) is 0 Å². The third kappa shape index (κ3) is 4.49. The standard InChI is InChI=1S/C24H23F2N5O3S/c1-4-5-10-34-17-11-15-8-9-28-21(20(15)29-13-17)30-16-6-7-19(25)18(12-16)23(2)14-35(32,33)24(3,26)22(27)31-23/h6-9,11-13H,10,14H2,1-3H3,(H2,27,31)(H,28,30)/t23-,24+/m0/s1. The van der Waals surface area contributed by atoms with Gasteiger partial charge in [0.2, 0.25) is 0 Å². The highest BCUT2D eigenvalue weighted by Gasteiger charge is 2.53. The van der Waals surface area contributed by atoms with Crippen LogP contribution in [0.5, 0.6) is 5.75 Å². The summed E-state index contributed by atoms with van der Waals surface area (Å²) in [5.41, 5.74) is 4.92. The number of hydrogen-bond donors (Lipinski definition) is 2. The van der Waals surface area contributed by atoms with Crippen LogP contribution in [0.1, 0.15) is 26.3 Å². The SMILES string of the molecule is CC#CCOc1cnc2c(Nc3ccc(F)c([C@]4(C)CS(=O)(=O)[C@@](C)(F)C(N)=N4)c3)nccc2c1. The Kier molecular flexibility index (Phi) is 6.11. The molecule has 0 radical (unpaired) electrons. The second-order valence-electron chi connectivity index (χ2n) is 8.38. The minimum atomic E-state index is -4.35. The maximum absolute atomic E-state index is 14.9. The number of fused-ring (bicyclic) bond motifs is 1. The van der Waals surface area contributed by atoms with Crippen LogP contribution in [0.4, 0.5) is 20.3 Å². The van der Waals surface area contributed by atoms with Gasteiger partial charge in [0.25, 0.3) is 5.00 Å². The minimum absolute atomic E-state index is 0.0505. The number of sulfone groups is 1. The molecule has 3 N–H and O–H groups in total. The highest BCUT2D eigenvalue weighted by atomic mass is 32.2. The quantitative estimate of drug-likeness (QED) is 0.515. The van der Waals surface area contributed by atoms with E-state index >= 15 is 0 Å².